The van der Waals surface area contributed by atoms with Gasteiger partial charge < -0.3 is 50.9 Å². The van der Waals surface area contributed by atoms with Crippen molar-refractivity contribution in [3.05, 3.63) is 96.1 Å². The molecule has 0 aliphatic heterocycles. The summed E-state index contributed by atoms with van der Waals surface area (Å²) in [6, 6.07) is 16.2. The van der Waals surface area contributed by atoms with Crippen LogP contribution in [0, 0.1) is 0 Å². The number of nitrogens with one attached hydrogen (secondary N) is 2. The molecule has 5 N–H and O–H groups in total. The SMILES string of the molecule is CSCCN(CC(=O)N(CCCN)CC(=O)N(CC(=O)N(CCC(=O)O)CC(=O)N(C)CC(=O)NCCS)Cc1cccnc1)C(=O)CN(Cc1ccccc1)C(=O)CNCc1cccnc1. The minimum atomic E-state index is -1.23. The molecule has 0 spiro atoms. The molecule has 0 atom stereocenters. The van der Waals surface area contributed by atoms with Crippen LogP contribution in [0.15, 0.2) is 79.4 Å². The topological polar surface area (TPSA) is 252 Å². The van der Waals surface area contributed by atoms with Gasteiger partial charge in [0.1, 0.15) is 13.1 Å². The molecule has 0 saturated heterocycles. The summed E-state index contributed by atoms with van der Waals surface area (Å²) in [6.07, 6.45) is 8.03. The average molecular weight is 966 g/mol. The number of amides is 7. The summed E-state index contributed by atoms with van der Waals surface area (Å²) < 4.78 is 0. The summed E-state index contributed by atoms with van der Waals surface area (Å²) in [5, 5.41) is 15.2. The van der Waals surface area contributed by atoms with Crippen LogP contribution in [0.3, 0.4) is 0 Å². The number of carbonyl (C=O) groups is 8. The van der Waals surface area contributed by atoms with E-state index in [0.717, 1.165) is 20.9 Å². The van der Waals surface area contributed by atoms with E-state index in [-0.39, 0.29) is 71.4 Å². The third kappa shape index (κ3) is 21.4. The number of carboxylic acid groups (broad SMARTS) is 1. The fraction of sp³-hybridized carbons (Fsp3) is 0.467. The zero-order valence-electron chi connectivity index (χ0n) is 38.2. The van der Waals surface area contributed by atoms with E-state index in [2.05, 4.69) is 33.2 Å². The van der Waals surface area contributed by atoms with Crippen molar-refractivity contribution >= 4 is 71.7 Å². The van der Waals surface area contributed by atoms with E-state index < -0.39 is 74.0 Å². The first-order valence-corrected chi connectivity index (χ1v) is 23.7. The maximum absolute atomic E-state index is 14.3. The Balaban J connectivity index is 1.84. The highest BCUT2D eigenvalue weighted by molar-refractivity contribution is 7.98. The number of aromatic nitrogens is 2. The minimum absolute atomic E-state index is 0.0364. The largest absolute Gasteiger partial charge is 0.481 e. The normalized spacial score (nSPS) is 10.7. The van der Waals surface area contributed by atoms with Crippen LogP contribution in [0.25, 0.3) is 0 Å². The third-order valence-electron chi connectivity index (χ3n) is 10.1. The van der Waals surface area contributed by atoms with Crippen LogP contribution >= 0.6 is 24.4 Å². The quantitative estimate of drug-likeness (QED) is 0.0525. The van der Waals surface area contributed by atoms with Gasteiger partial charge in [0.15, 0.2) is 0 Å². The van der Waals surface area contributed by atoms with Crippen LogP contribution in [0.5, 0.6) is 0 Å². The van der Waals surface area contributed by atoms with E-state index in [1.54, 1.807) is 30.6 Å². The van der Waals surface area contributed by atoms with Gasteiger partial charge in [-0.3, -0.25) is 48.3 Å². The summed E-state index contributed by atoms with van der Waals surface area (Å²) in [7, 11) is 1.37. The molecule has 3 rings (SSSR count). The zero-order valence-corrected chi connectivity index (χ0v) is 39.9. The second-order valence-corrected chi connectivity index (χ2v) is 16.8. The van der Waals surface area contributed by atoms with Gasteiger partial charge in [0.2, 0.25) is 41.4 Å². The lowest BCUT2D eigenvalue weighted by Crippen LogP contribution is -2.52. The highest BCUT2D eigenvalue weighted by Gasteiger charge is 2.30. The first-order chi connectivity index (χ1) is 32.2. The van der Waals surface area contributed by atoms with Crippen molar-refractivity contribution in [1.82, 2.24) is 50.0 Å². The molecule has 0 unspecified atom stereocenters. The van der Waals surface area contributed by atoms with Crippen molar-refractivity contribution in [1.29, 1.82) is 0 Å². The van der Waals surface area contributed by atoms with E-state index in [4.69, 9.17) is 5.73 Å². The van der Waals surface area contributed by atoms with Gasteiger partial charge in [-0.25, -0.2) is 0 Å². The van der Waals surface area contributed by atoms with Crippen molar-refractivity contribution in [2.24, 2.45) is 5.73 Å². The fourth-order valence-corrected chi connectivity index (χ4v) is 6.91. The number of nitrogens with zero attached hydrogens (tertiary/aromatic N) is 8. The van der Waals surface area contributed by atoms with Crippen LogP contribution in [-0.2, 0) is 58.0 Å². The molecule has 0 aliphatic carbocycles. The molecule has 2 aromatic heterocycles. The minimum Gasteiger partial charge on any atom is -0.481 e. The number of carboxylic acids is 1. The number of benzene rings is 1. The number of pyridine rings is 2. The monoisotopic (exact) mass is 965 g/mol. The molecular weight excluding hydrogens is 903 g/mol. The van der Waals surface area contributed by atoms with Crippen LogP contribution in [-0.4, -0.2) is 195 Å². The van der Waals surface area contributed by atoms with Crippen molar-refractivity contribution in [3.8, 4) is 0 Å². The number of likely N-dealkylation sites (N-methyl/N-ethyl adjacent to an activating group) is 1. The Morgan fingerprint density at radius 3 is 1.75 bits per heavy atom. The highest BCUT2D eigenvalue weighted by atomic mass is 32.2. The predicted octanol–water partition coefficient (Wildman–Crippen LogP) is -0.199. The molecule has 0 saturated carbocycles. The van der Waals surface area contributed by atoms with E-state index >= 15 is 0 Å². The number of rotatable bonds is 31. The molecule has 0 aliphatic rings. The van der Waals surface area contributed by atoms with E-state index in [1.165, 1.54) is 50.8 Å². The summed E-state index contributed by atoms with van der Waals surface area (Å²) in [5.41, 5.74) is 8.08. The van der Waals surface area contributed by atoms with Gasteiger partial charge in [-0.1, -0.05) is 42.5 Å². The van der Waals surface area contributed by atoms with Gasteiger partial charge in [-0.05, 0) is 48.0 Å². The number of thiol groups is 1. The molecule has 67 heavy (non-hydrogen) atoms. The average Bonchev–Trinajstić information content (AvgIpc) is 3.32. The smallest absolute Gasteiger partial charge is 0.305 e. The Bertz CT molecular complexity index is 2040. The Kier molecular flexibility index (Phi) is 25.5. The van der Waals surface area contributed by atoms with Gasteiger partial charge in [-0.2, -0.15) is 24.4 Å². The second kappa shape index (κ2) is 31.0. The summed E-state index contributed by atoms with van der Waals surface area (Å²) in [4.78, 5) is 123. The summed E-state index contributed by atoms with van der Waals surface area (Å²) in [6.45, 7) is -2.16. The molecule has 2 heterocycles. The molecule has 0 bridgehead atoms. The molecule has 364 valence electrons. The Hall–Kier alpha value is -6.10. The van der Waals surface area contributed by atoms with Gasteiger partial charge in [-0.15, -0.1) is 0 Å². The number of aliphatic carboxylic acids is 1. The standard InChI is InChI=1S/C45H63N11O9S2/c1-51(29-38(57)50-17-21-66)40(59)30-53(19-13-45(64)65)42(61)34-56(28-37-12-7-16-48-25-37)44(63)32-52(18-8-14-46)41(60)31-54(20-22-67-2)43(62)33-55(27-35-9-4-3-5-10-35)39(58)26-49-24-36-11-6-15-47-23-36/h3-7,9-12,15-16,23,25,49,66H,8,13-14,17-22,24,26-34,46H2,1-2H3,(H,50,57)(H,64,65). The van der Waals surface area contributed by atoms with Crippen LogP contribution in [0.4, 0.5) is 0 Å². The highest BCUT2D eigenvalue weighted by Crippen LogP contribution is 2.11. The van der Waals surface area contributed by atoms with Crippen molar-refractivity contribution in [2.45, 2.75) is 32.5 Å². The van der Waals surface area contributed by atoms with Gasteiger partial charge in [0.05, 0.1) is 39.1 Å². The molecule has 20 nitrogen and oxygen atoms in total. The Labute approximate surface area is 401 Å². The predicted molar refractivity (Wildman–Crippen MR) is 256 cm³/mol. The van der Waals surface area contributed by atoms with Crippen LogP contribution in [0.2, 0.25) is 0 Å². The molecule has 0 fully saturated rings. The van der Waals surface area contributed by atoms with Gasteiger partial charge in [0, 0.05) is 89.2 Å². The molecule has 7 amide bonds. The van der Waals surface area contributed by atoms with Gasteiger partial charge >= 0.3 is 5.97 Å². The maximum Gasteiger partial charge on any atom is 0.305 e. The number of nitrogens with two attached hydrogens (primary N) is 1. The second-order valence-electron chi connectivity index (χ2n) is 15.4. The molecule has 3 aromatic rings. The van der Waals surface area contributed by atoms with Crippen molar-refractivity contribution in [2.75, 3.05) is 103 Å². The third-order valence-corrected chi connectivity index (χ3v) is 10.9. The fourth-order valence-electron chi connectivity index (χ4n) is 6.39. The molecular formula is C45H63N11O9S2. The Morgan fingerprint density at radius 1 is 0.657 bits per heavy atom. The first-order valence-electron chi connectivity index (χ1n) is 21.7. The van der Waals surface area contributed by atoms with Crippen LogP contribution < -0.4 is 16.4 Å². The number of hydrogen-bond acceptors (Lipinski definition) is 14. The van der Waals surface area contributed by atoms with Gasteiger partial charge in [0.25, 0.3) is 0 Å². The number of hydrogen-bond donors (Lipinski definition) is 5. The van der Waals surface area contributed by atoms with Crippen molar-refractivity contribution in [3.63, 3.8) is 0 Å². The Morgan fingerprint density at radius 2 is 1.18 bits per heavy atom. The van der Waals surface area contributed by atoms with E-state index in [1.807, 2.05) is 42.7 Å². The van der Waals surface area contributed by atoms with Crippen molar-refractivity contribution < 1.29 is 43.5 Å². The first kappa shape index (κ1) is 55.2. The lowest BCUT2D eigenvalue weighted by molar-refractivity contribution is -0.148. The zero-order chi connectivity index (χ0) is 49.0. The molecule has 1 aromatic carbocycles. The number of thioether (sulfide) groups is 1. The maximum atomic E-state index is 14.3. The molecule has 22 heteroatoms. The summed E-state index contributed by atoms with van der Waals surface area (Å²) >= 11 is 5.52. The van der Waals surface area contributed by atoms with E-state index in [0.29, 0.717) is 30.0 Å². The van der Waals surface area contributed by atoms with E-state index in [9.17, 15) is 43.5 Å². The lowest BCUT2D eigenvalue weighted by atomic mass is 10.2. The number of carbonyl (C=O) groups excluding carboxylic acids is 7. The summed E-state index contributed by atoms with van der Waals surface area (Å²) in [5.74, 6) is -4.26. The van der Waals surface area contributed by atoms with Crippen LogP contribution in [0.1, 0.15) is 29.5 Å². The lowest BCUT2D eigenvalue weighted by Gasteiger charge is -2.32. The molecule has 0 radical (unpaired) electrons.